The SMILES string of the molecule is CC(C)c1nc(CN(C)C(=O)N[C@@H](CCCN2CCOCC2)C(=O)N[C@H](CC[C@H](Cc2ccccc2)NC(=O)OCc2cncs2)Cc2ccccc2)cs1. The molecule has 14 heteroatoms. The van der Waals surface area contributed by atoms with E-state index in [0.717, 1.165) is 52.8 Å². The fourth-order valence-electron chi connectivity index (χ4n) is 6.46. The van der Waals surface area contributed by atoms with E-state index in [4.69, 9.17) is 14.5 Å². The second kappa shape index (κ2) is 22.2. The molecule has 3 atom stereocenters. The molecular formula is C41H55N7O5S2. The third kappa shape index (κ3) is 14.7. The third-order valence-corrected chi connectivity index (χ3v) is 11.5. The highest BCUT2D eigenvalue weighted by Crippen LogP contribution is 2.20. The number of benzene rings is 2. The summed E-state index contributed by atoms with van der Waals surface area (Å²) in [5.74, 6) is 0.0885. The molecule has 3 N–H and O–H groups in total. The summed E-state index contributed by atoms with van der Waals surface area (Å²) in [6, 6.07) is 18.5. The van der Waals surface area contributed by atoms with Gasteiger partial charge >= 0.3 is 12.1 Å². The average Bonchev–Trinajstić information content (AvgIpc) is 3.90. The first kappa shape index (κ1) is 41.8. The summed E-state index contributed by atoms with van der Waals surface area (Å²) in [7, 11) is 1.73. The minimum atomic E-state index is -0.740. The van der Waals surface area contributed by atoms with Crippen molar-refractivity contribution in [1.29, 1.82) is 0 Å². The van der Waals surface area contributed by atoms with Crippen LogP contribution in [0.15, 0.2) is 77.8 Å². The highest BCUT2D eigenvalue weighted by molar-refractivity contribution is 7.09. The molecule has 0 aliphatic carbocycles. The monoisotopic (exact) mass is 789 g/mol. The van der Waals surface area contributed by atoms with Crippen LogP contribution in [0.1, 0.15) is 72.2 Å². The predicted molar refractivity (Wildman–Crippen MR) is 217 cm³/mol. The van der Waals surface area contributed by atoms with Crippen molar-refractivity contribution >= 4 is 40.7 Å². The van der Waals surface area contributed by atoms with Crippen LogP contribution in [0.25, 0.3) is 0 Å². The fourth-order valence-corrected chi connectivity index (χ4v) is 7.79. The minimum absolute atomic E-state index is 0.151. The van der Waals surface area contributed by atoms with Gasteiger partial charge in [-0.05, 0) is 56.2 Å². The van der Waals surface area contributed by atoms with Gasteiger partial charge in [0, 0.05) is 49.7 Å². The first-order valence-electron chi connectivity index (χ1n) is 19.2. The van der Waals surface area contributed by atoms with Gasteiger partial charge in [0.1, 0.15) is 12.6 Å². The van der Waals surface area contributed by atoms with Gasteiger partial charge in [-0.1, -0.05) is 74.5 Å². The van der Waals surface area contributed by atoms with Crippen LogP contribution in [0.4, 0.5) is 9.59 Å². The molecule has 0 saturated carbocycles. The Hall–Kier alpha value is -4.37. The van der Waals surface area contributed by atoms with Gasteiger partial charge in [0.05, 0.1) is 40.8 Å². The summed E-state index contributed by atoms with van der Waals surface area (Å²) in [6.07, 6.45) is 4.79. The zero-order chi connectivity index (χ0) is 38.8. The van der Waals surface area contributed by atoms with Gasteiger partial charge in [-0.2, -0.15) is 0 Å². The zero-order valence-corrected chi connectivity index (χ0v) is 33.8. The number of carbonyl (C=O) groups is 3. The molecule has 296 valence electrons. The number of nitrogens with zero attached hydrogens (tertiary/aromatic N) is 4. The summed E-state index contributed by atoms with van der Waals surface area (Å²) in [5, 5.41) is 12.5. The molecule has 0 unspecified atom stereocenters. The Morgan fingerprint density at radius 2 is 1.55 bits per heavy atom. The number of thiazole rings is 2. The van der Waals surface area contributed by atoms with Crippen molar-refractivity contribution in [3.63, 3.8) is 0 Å². The van der Waals surface area contributed by atoms with E-state index >= 15 is 0 Å². The van der Waals surface area contributed by atoms with E-state index in [9.17, 15) is 14.4 Å². The number of nitrogens with one attached hydrogen (secondary N) is 3. The molecule has 1 saturated heterocycles. The summed E-state index contributed by atoms with van der Waals surface area (Å²) in [6.45, 7) is 8.62. The van der Waals surface area contributed by atoms with Crippen LogP contribution in [0.5, 0.6) is 0 Å². The van der Waals surface area contributed by atoms with Gasteiger partial charge in [-0.3, -0.25) is 14.7 Å². The maximum Gasteiger partial charge on any atom is 0.407 e. The van der Waals surface area contributed by atoms with Gasteiger partial charge in [-0.15, -0.1) is 22.7 Å². The summed E-state index contributed by atoms with van der Waals surface area (Å²) < 4.78 is 11.0. The molecule has 12 nitrogen and oxygen atoms in total. The first-order valence-corrected chi connectivity index (χ1v) is 20.9. The van der Waals surface area contributed by atoms with Gasteiger partial charge in [0.15, 0.2) is 0 Å². The smallest absolute Gasteiger partial charge is 0.407 e. The van der Waals surface area contributed by atoms with Crippen LogP contribution in [0.3, 0.4) is 0 Å². The Balaban J connectivity index is 1.27. The lowest BCUT2D eigenvalue weighted by atomic mass is 9.95. The highest BCUT2D eigenvalue weighted by atomic mass is 32.1. The van der Waals surface area contributed by atoms with E-state index < -0.39 is 12.1 Å². The molecule has 0 radical (unpaired) electrons. The lowest BCUT2D eigenvalue weighted by Crippen LogP contribution is -2.53. The maximum atomic E-state index is 14.2. The Kier molecular flexibility index (Phi) is 16.9. The summed E-state index contributed by atoms with van der Waals surface area (Å²) >= 11 is 3.03. The zero-order valence-electron chi connectivity index (χ0n) is 32.2. The molecule has 4 aromatic rings. The van der Waals surface area contributed by atoms with E-state index in [1.54, 1.807) is 35.0 Å². The number of rotatable bonds is 20. The molecule has 1 aliphatic heterocycles. The van der Waals surface area contributed by atoms with E-state index in [1.165, 1.54) is 11.3 Å². The lowest BCUT2D eigenvalue weighted by molar-refractivity contribution is -0.124. The Morgan fingerprint density at radius 3 is 2.15 bits per heavy atom. The number of urea groups is 1. The number of carbonyl (C=O) groups excluding carboxylic acids is 3. The molecule has 5 rings (SSSR count). The first-order chi connectivity index (χ1) is 26.7. The Bertz CT molecular complexity index is 1720. The Labute approximate surface area is 333 Å². The molecule has 2 aromatic carbocycles. The van der Waals surface area contributed by atoms with Crippen molar-refractivity contribution in [2.24, 2.45) is 0 Å². The normalized spacial score (nSPS) is 14.8. The van der Waals surface area contributed by atoms with Gasteiger partial charge in [0.2, 0.25) is 5.91 Å². The summed E-state index contributed by atoms with van der Waals surface area (Å²) in [5.41, 5.74) is 4.71. The standard InChI is InChI=1S/C41H55N7O5S2/c1-30(2)39-44-35(28-54-39)26-47(3)40(50)46-37(15-10-18-48-19-21-52-22-20-48)38(49)43-33(23-31-11-6-4-7-12-31)16-17-34(24-32-13-8-5-9-14-32)45-41(51)53-27-36-25-42-29-55-36/h4-9,11-14,25,28-30,33-34,37H,10,15-24,26-27H2,1-3H3,(H,43,49)(H,45,51)(H,46,50)/t33-,34-,37+/m1/s1. The summed E-state index contributed by atoms with van der Waals surface area (Å²) in [4.78, 5) is 54.4. The molecule has 0 spiro atoms. The molecule has 1 fully saturated rings. The van der Waals surface area contributed by atoms with Crippen molar-refractivity contribution in [1.82, 2.24) is 35.7 Å². The second-order valence-corrected chi connectivity index (χ2v) is 16.2. The number of morpholine rings is 1. The number of hydrogen-bond acceptors (Lipinski definition) is 10. The number of amides is 4. The second-order valence-electron chi connectivity index (χ2n) is 14.3. The van der Waals surface area contributed by atoms with Crippen LogP contribution >= 0.6 is 22.7 Å². The van der Waals surface area contributed by atoms with Gasteiger partial charge < -0.3 is 30.3 Å². The molecule has 1 aliphatic rings. The van der Waals surface area contributed by atoms with Crippen molar-refractivity contribution in [2.45, 2.75) is 89.6 Å². The number of alkyl carbamates (subject to hydrolysis) is 1. The molecule has 55 heavy (non-hydrogen) atoms. The average molecular weight is 790 g/mol. The van der Waals surface area contributed by atoms with Crippen molar-refractivity contribution < 1.29 is 23.9 Å². The molecule has 3 heterocycles. The van der Waals surface area contributed by atoms with E-state index in [1.807, 2.05) is 53.9 Å². The van der Waals surface area contributed by atoms with Crippen molar-refractivity contribution in [3.8, 4) is 0 Å². The largest absolute Gasteiger partial charge is 0.444 e. The number of ether oxygens (including phenoxy) is 2. The van der Waals surface area contributed by atoms with Crippen molar-refractivity contribution in [2.75, 3.05) is 39.9 Å². The highest BCUT2D eigenvalue weighted by Gasteiger charge is 2.27. The van der Waals surface area contributed by atoms with Gasteiger partial charge in [0.25, 0.3) is 0 Å². The van der Waals surface area contributed by atoms with Gasteiger partial charge in [-0.25, -0.2) is 14.6 Å². The van der Waals surface area contributed by atoms with Crippen LogP contribution < -0.4 is 16.0 Å². The quantitative estimate of drug-likeness (QED) is 0.0938. The lowest BCUT2D eigenvalue weighted by Gasteiger charge is -2.29. The van der Waals surface area contributed by atoms with E-state index in [2.05, 4.69) is 51.8 Å². The van der Waals surface area contributed by atoms with E-state index in [-0.39, 0.29) is 30.6 Å². The molecule has 0 bridgehead atoms. The topological polar surface area (TPSA) is 138 Å². The number of hydrogen-bond donors (Lipinski definition) is 3. The fraction of sp³-hybridized carbons (Fsp3) is 0.488. The van der Waals surface area contributed by atoms with Crippen LogP contribution in [-0.4, -0.2) is 95.8 Å². The third-order valence-electron chi connectivity index (χ3n) is 9.51. The van der Waals surface area contributed by atoms with Crippen LogP contribution in [-0.2, 0) is 40.3 Å². The Morgan fingerprint density at radius 1 is 0.891 bits per heavy atom. The molecular weight excluding hydrogens is 735 g/mol. The van der Waals surface area contributed by atoms with Crippen LogP contribution in [0, 0.1) is 0 Å². The predicted octanol–water partition coefficient (Wildman–Crippen LogP) is 6.39. The van der Waals surface area contributed by atoms with Crippen LogP contribution in [0.2, 0.25) is 0 Å². The maximum absolute atomic E-state index is 14.2. The van der Waals surface area contributed by atoms with E-state index in [0.29, 0.717) is 57.8 Å². The molecule has 2 aromatic heterocycles. The minimum Gasteiger partial charge on any atom is -0.444 e. The number of aromatic nitrogens is 2. The molecule has 4 amide bonds. The van der Waals surface area contributed by atoms with Crippen molar-refractivity contribution in [3.05, 3.63) is 104 Å².